The average molecular weight is 346 g/mol. The van der Waals surface area contributed by atoms with Crippen molar-refractivity contribution in [2.45, 2.75) is 18.4 Å². The first-order valence-corrected chi connectivity index (χ1v) is 8.94. The molecule has 0 spiro atoms. The number of carbonyl (C=O) groups is 1. The van der Waals surface area contributed by atoms with E-state index in [1.54, 1.807) is 43.4 Å². The van der Waals surface area contributed by atoms with Gasteiger partial charge in [-0.25, -0.2) is 13.1 Å². The highest BCUT2D eigenvalue weighted by molar-refractivity contribution is 7.89. The summed E-state index contributed by atoms with van der Waals surface area (Å²) in [4.78, 5) is 13.4. The molecule has 0 radical (unpaired) electrons. The lowest BCUT2D eigenvalue weighted by molar-refractivity contribution is -0.120. The van der Waals surface area contributed by atoms with E-state index in [2.05, 4.69) is 4.72 Å². The largest absolute Gasteiger partial charge is 0.482 e. The zero-order chi connectivity index (χ0) is 17.3. The van der Waals surface area contributed by atoms with Crippen LogP contribution in [0.2, 0.25) is 0 Å². The summed E-state index contributed by atoms with van der Waals surface area (Å²) < 4.78 is 32.7. The first kappa shape index (κ1) is 16.5. The highest BCUT2D eigenvalue weighted by Crippen LogP contribution is 2.32. The monoisotopic (exact) mass is 346 g/mol. The molecule has 3 rings (SSSR count). The van der Waals surface area contributed by atoms with Gasteiger partial charge in [0.1, 0.15) is 5.75 Å². The predicted molar refractivity (Wildman–Crippen MR) is 90.6 cm³/mol. The maximum absolute atomic E-state index is 12.4. The van der Waals surface area contributed by atoms with Crippen LogP contribution in [0.1, 0.15) is 11.1 Å². The van der Waals surface area contributed by atoms with Gasteiger partial charge in [-0.2, -0.15) is 0 Å². The van der Waals surface area contributed by atoms with Crippen LogP contribution in [0.5, 0.6) is 5.75 Å². The van der Waals surface area contributed by atoms with E-state index in [0.29, 0.717) is 11.4 Å². The zero-order valence-corrected chi connectivity index (χ0v) is 14.3. The van der Waals surface area contributed by atoms with E-state index >= 15 is 0 Å². The fraction of sp³-hybridized carbons (Fsp3) is 0.235. The van der Waals surface area contributed by atoms with Crippen molar-refractivity contribution in [1.29, 1.82) is 0 Å². The predicted octanol–water partition coefficient (Wildman–Crippen LogP) is 1.83. The van der Waals surface area contributed by atoms with Gasteiger partial charge in [0.25, 0.3) is 5.91 Å². The standard InChI is InChI=1S/C17H18N2O4S/c1-12-4-3-5-14(8-12)24(21,22)18-10-13-6-7-16-15(9-13)19(2)17(20)11-23-16/h3-9,18H,10-11H2,1-2H3. The van der Waals surface area contributed by atoms with Gasteiger partial charge in [0, 0.05) is 13.6 Å². The summed E-state index contributed by atoms with van der Waals surface area (Å²) in [7, 11) is -1.92. The molecule has 6 nitrogen and oxygen atoms in total. The summed E-state index contributed by atoms with van der Waals surface area (Å²) in [5.74, 6) is 0.474. The minimum absolute atomic E-state index is 0.0167. The van der Waals surface area contributed by atoms with Gasteiger partial charge in [0.15, 0.2) is 6.61 Å². The SMILES string of the molecule is Cc1cccc(S(=O)(=O)NCc2ccc3c(c2)N(C)C(=O)CO3)c1. The smallest absolute Gasteiger partial charge is 0.264 e. The zero-order valence-electron chi connectivity index (χ0n) is 13.4. The molecule has 1 amide bonds. The molecule has 1 aliphatic heterocycles. The van der Waals surface area contributed by atoms with E-state index in [1.165, 1.54) is 4.90 Å². The Bertz CT molecular complexity index is 893. The van der Waals surface area contributed by atoms with E-state index < -0.39 is 10.0 Å². The number of aryl methyl sites for hydroxylation is 1. The first-order chi connectivity index (χ1) is 11.4. The number of hydrogen-bond donors (Lipinski definition) is 1. The second kappa shape index (κ2) is 6.26. The summed E-state index contributed by atoms with van der Waals surface area (Å²) >= 11 is 0. The molecule has 126 valence electrons. The van der Waals surface area contributed by atoms with Gasteiger partial charge < -0.3 is 9.64 Å². The summed E-state index contributed by atoms with van der Waals surface area (Å²) in [5, 5.41) is 0. The quantitative estimate of drug-likeness (QED) is 0.916. The van der Waals surface area contributed by atoms with Crippen molar-refractivity contribution in [1.82, 2.24) is 4.72 Å². The molecule has 0 saturated heterocycles. The Balaban J connectivity index is 1.79. The minimum Gasteiger partial charge on any atom is -0.482 e. The molecule has 0 bridgehead atoms. The Morgan fingerprint density at radius 1 is 1.21 bits per heavy atom. The number of hydrogen-bond acceptors (Lipinski definition) is 4. The van der Waals surface area contributed by atoms with Crippen LogP contribution in [-0.2, 0) is 21.4 Å². The number of likely N-dealkylation sites (N-methyl/N-ethyl adjacent to an activating group) is 1. The molecule has 0 saturated carbocycles. The highest BCUT2D eigenvalue weighted by Gasteiger charge is 2.22. The second-order valence-corrected chi connectivity index (χ2v) is 7.45. The third-order valence-electron chi connectivity index (χ3n) is 3.88. The number of nitrogens with zero attached hydrogens (tertiary/aromatic N) is 1. The van der Waals surface area contributed by atoms with Gasteiger partial charge >= 0.3 is 0 Å². The Labute approximate surface area is 141 Å². The number of nitrogens with one attached hydrogen (secondary N) is 1. The van der Waals surface area contributed by atoms with Crippen LogP contribution in [0.15, 0.2) is 47.4 Å². The number of fused-ring (bicyclic) bond motifs is 1. The Morgan fingerprint density at radius 2 is 2.00 bits per heavy atom. The average Bonchev–Trinajstić information content (AvgIpc) is 2.57. The normalized spacial score (nSPS) is 14.2. The number of sulfonamides is 1. The van der Waals surface area contributed by atoms with Crippen molar-refractivity contribution in [3.8, 4) is 5.75 Å². The lowest BCUT2D eigenvalue weighted by Crippen LogP contribution is -2.35. The molecular weight excluding hydrogens is 328 g/mol. The summed E-state index contributed by atoms with van der Waals surface area (Å²) in [6.45, 7) is 1.99. The Hall–Kier alpha value is -2.38. The highest BCUT2D eigenvalue weighted by atomic mass is 32.2. The van der Waals surface area contributed by atoms with Gasteiger partial charge in [0.2, 0.25) is 10.0 Å². The van der Waals surface area contributed by atoms with Gasteiger partial charge in [-0.3, -0.25) is 4.79 Å². The maximum Gasteiger partial charge on any atom is 0.264 e. The van der Waals surface area contributed by atoms with Crippen LogP contribution in [0, 0.1) is 6.92 Å². The molecule has 1 N–H and O–H groups in total. The Morgan fingerprint density at radius 3 is 2.75 bits per heavy atom. The topological polar surface area (TPSA) is 75.7 Å². The van der Waals surface area contributed by atoms with E-state index in [1.807, 2.05) is 13.0 Å². The van der Waals surface area contributed by atoms with Crippen molar-refractivity contribution in [2.24, 2.45) is 0 Å². The Kier molecular flexibility index (Phi) is 4.29. The van der Waals surface area contributed by atoms with Gasteiger partial charge in [-0.15, -0.1) is 0 Å². The van der Waals surface area contributed by atoms with Crippen LogP contribution < -0.4 is 14.4 Å². The molecule has 0 unspecified atom stereocenters. The maximum atomic E-state index is 12.4. The third-order valence-corrected chi connectivity index (χ3v) is 5.28. The van der Waals surface area contributed by atoms with E-state index in [4.69, 9.17) is 4.74 Å². The fourth-order valence-corrected chi connectivity index (χ4v) is 3.59. The second-order valence-electron chi connectivity index (χ2n) is 5.68. The molecule has 0 atom stereocenters. The van der Waals surface area contributed by atoms with Crippen LogP contribution in [0.25, 0.3) is 0 Å². The fourth-order valence-electron chi connectivity index (χ4n) is 2.47. The van der Waals surface area contributed by atoms with Crippen LogP contribution in [0.3, 0.4) is 0 Å². The van der Waals surface area contributed by atoms with Crippen molar-refractivity contribution in [3.63, 3.8) is 0 Å². The molecule has 0 aromatic heterocycles. The molecule has 7 heteroatoms. The summed E-state index contributed by atoms with van der Waals surface area (Å²) in [6, 6.07) is 12.0. The van der Waals surface area contributed by atoms with Gasteiger partial charge in [0.05, 0.1) is 10.6 Å². The lowest BCUT2D eigenvalue weighted by atomic mass is 10.1. The summed E-state index contributed by atoms with van der Waals surface area (Å²) in [6.07, 6.45) is 0. The van der Waals surface area contributed by atoms with Crippen molar-refractivity contribution < 1.29 is 17.9 Å². The third kappa shape index (κ3) is 3.27. The molecule has 1 heterocycles. The molecule has 0 fully saturated rings. The minimum atomic E-state index is -3.59. The molecular formula is C17H18N2O4S. The summed E-state index contributed by atoms with van der Waals surface area (Å²) in [5.41, 5.74) is 2.26. The number of amides is 1. The van der Waals surface area contributed by atoms with Crippen molar-refractivity contribution in [2.75, 3.05) is 18.6 Å². The van der Waals surface area contributed by atoms with Crippen molar-refractivity contribution in [3.05, 3.63) is 53.6 Å². The number of anilines is 1. The van der Waals surface area contributed by atoms with E-state index in [9.17, 15) is 13.2 Å². The van der Waals surface area contributed by atoms with Crippen LogP contribution in [0.4, 0.5) is 5.69 Å². The van der Waals surface area contributed by atoms with Gasteiger partial charge in [-0.1, -0.05) is 18.2 Å². The lowest BCUT2D eigenvalue weighted by Gasteiger charge is -2.26. The number of benzene rings is 2. The number of carbonyl (C=O) groups excluding carboxylic acids is 1. The molecule has 2 aromatic rings. The number of rotatable bonds is 4. The molecule has 0 aliphatic carbocycles. The van der Waals surface area contributed by atoms with E-state index in [0.717, 1.165) is 11.1 Å². The van der Waals surface area contributed by atoms with Crippen LogP contribution in [-0.4, -0.2) is 28.0 Å². The van der Waals surface area contributed by atoms with Crippen LogP contribution >= 0.6 is 0 Å². The molecule has 1 aliphatic rings. The van der Waals surface area contributed by atoms with Gasteiger partial charge in [-0.05, 0) is 42.3 Å². The van der Waals surface area contributed by atoms with Crippen molar-refractivity contribution >= 4 is 21.6 Å². The number of ether oxygens (including phenoxy) is 1. The van der Waals surface area contributed by atoms with E-state index in [-0.39, 0.29) is 24.0 Å². The molecule has 24 heavy (non-hydrogen) atoms. The first-order valence-electron chi connectivity index (χ1n) is 7.45. The molecule has 2 aromatic carbocycles.